The fourth-order valence-electron chi connectivity index (χ4n) is 1.52. The number of hydrogen-bond donors (Lipinski definition) is 0. The standard InChI is InChI=1S/C10H17F3O4S3/c1-8(2)9(14)7-19(5-3-18-4-6-19)17-20(15,16)10(11,12)13/h8H,3-7H2,1-2H3. The van der Waals surface area contributed by atoms with Gasteiger partial charge in [-0.2, -0.15) is 33.4 Å². The van der Waals surface area contributed by atoms with Gasteiger partial charge in [0.1, 0.15) is 5.78 Å². The van der Waals surface area contributed by atoms with Crippen LogP contribution < -0.4 is 0 Å². The van der Waals surface area contributed by atoms with Crippen molar-refractivity contribution >= 4 is 38.0 Å². The quantitative estimate of drug-likeness (QED) is 0.710. The molecule has 0 spiro atoms. The first-order valence-electron chi connectivity index (χ1n) is 5.88. The van der Waals surface area contributed by atoms with E-state index >= 15 is 0 Å². The maximum Gasteiger partial charge on any atom is 0.523 e. The first kappa shape index (κ1) is 18.1. The van der Waals surface area contributed by atoms with Gasteiger partial charge in [-0.05, 0) is 0 Å². The van der Waals surface area contributed by atoms with E-state index < -0.39 is 25.9 Å². The second kappa shape index (κ2) is 6.45. The molecule has 120 valence electrons. The van der Waals surface area contributed by atoms with Gasteiger partial charge in [0.05, 0.1) is 5.75 Å². The Balaban J connectivity index is 2.98. The van der Waals surface area contributed by atoms with E-state index in [0.29, 0.717) is 11.5 Å². The van der Waals surface area contributed by atoms with Crippen molar-refractivity contribution in [2.24, 2.45) is 5.92 Å². The molecule has 0 saturated carbocycles. The van der Waals surface area contributed by atoms with Crippen LogP contribution in [0.2, 0.25) is 0 Å². The normalized spacial score (nSPS) is 21.7. The molecule has 1 aliphatic heterocycles. The Morgan fingerprint density at radius 3 is 2.20 bits per heavy atom. The molecule has 0 aliphatic carbocycles. The van der Waals surface area contributed by atoms with E-state index in [4.69, 9.17) is 0 Å². The monoisotopic (exact) mass is 354 g/mol. The van der Waals surface area contributed by atoms with Gasteiger partial charge in [0.15, 0.2) is 0 Å². The van der Waals surface area contributed by atoms with Crippen LogP contribution in [0.4, 0.5) is 13.2 Å². The lowest BCUT2D eigenvalue weighted by atomic mass is 10.1. The molecule has 0 aromatic heterocycles. The minimum atomic E-state index is -5.65. The maximum absolute atomic E-state index is 12.5. The zero-order chi connectivity index (χ0) is 15.6. The predicted octanol–water partition coefficient (Wildman–Crippen LogP) is 2.54. The molecule has 1 aliphatic rings. The summed E-state index contributed by atoms with van der Waals surface area (Å²) in [4.78, 5) is 11.8. The number of halogens is 3. The van der Waals surface area contributed by atoms with E-state index in [2.05, 4.69) is 3.63 Å². The molecule has 0 amide bonds. The highest BCUT2D eigenvalue weighted by atomic mass is 32.3. The summed E-state index contributed by atoms with van der Waals surface area (Å²) in [6.07, 6.45) is 0. The van der Waals surface area contributed by atoms with Crippen LogP contribution in [0.5, 0.6) is 0 Å². The van der Waals surface area contributed by atoms with Crippen molar-refractivity contribution in [2.45, 2.75) is 19.4 Å². The first-order chi connectivity index (χ1) is 8.99. The van der Waals surface area contributed by atoms with Crippen molar-refractivity contribution in [1.82, 2.24) is 0 Å². The molecule has 10 heteroatoms. The number of carbonyl (C=O) groups excluding carboxylic acids is 1. The predicted molar refractivity (Wildman–Crippen MR) is 75.4 cm³/mol. The third-order valence-electron chi connectivity index (χ3n) is 2.77. The minimum Gasteiger partial charge on any atom is -0.298 e. The summed E-state index contributed by atoms with van der Waals surface area (Å²) < 4.78 is 64.4. The Bertz CT molecular complexity index is 453. The molecule has 0 bridgehead atoms. The lowest BCUT2D eigenvalue weighted by Crippen LogP contribution is -2.34. The minimum absolute atomic E-state index is 0.200. The molecule has 20 heavy (non-hydrogen) atoms. The molecule has 4 nitrogen and oxygen atoms in total. The smallest absolute Gasteiger partial charge is 0.298 e. The van der Waals surface area contributed by atoms with E-state index in [1.165, 1.54) is 11.8 Å². The summed E-state index contributed by atoms with van der Waals surface area (Å²) in [5.74, 6) is 0.579. The van der Waals surface area contributed by atoms with E-state index in [0.717, 1.165) is 0 Å². The maximum atomic E-state index is 12.5. The number of rotatable bonds is 5. The van der Waals surface area contributed by atoms with Gasteiger partial charge >= 0.3 is 15.6 Å². The second-order valence-corrected chi connectivity index (χ2v) is 10.9. The SMILES string of the molecule is CC(C)C(=O)CS1(OS(=O)(=O)C(F)(F)F)CCSCC1. The van der Waals surface area contributed by atoms with Gasteiger partial charge < -0.3 is 0 Å². The number of Topliss-reactive ketones (excluding diaryl/α,β-unsaturated/α-hetero) is 1. The lowest BCUT2D eigenvalue weighted by Gasteiger charge is -2.40. The third-order valence-corrected chi connectivity index (χ3v) is 9.41. The van der Waals surface area contributed by atoms with Crippen molar-refractivity contribution in [1.29, 1.82) is 0 Å². The van der Waals surface area contributed by atoms with Gasteiger partial charge in [-0.1, -0.05) is 13.8 Å². The van der Waals surface area contributed by atoms with E-state index in [1.807, 2.05) is 0 Å². The third kappa shape index (κ3) is 4.54. The Kier molecular flexibility index (Phi) is 5.84. The lowest BCUT2D eigenvalue weighted by molar-refractivity contribution is -0.119. The highest BCUT2D eigenvalue weighted by Gasteiger charge is 2.51. The molecule has 0 aromatic rings. The Hall–Kier alpha value is 0.0700. The second-order valence-electron chi connectivity index (χ2n) is 4.72. The van der Waals surface area contributed by atoms with E-state index in [9.17, 15) is 26.4 Å². The molecule has 0 N–H and O–H groups in total. The zero-order valence-electron chi connectivity index (χ0n) is 11.1. The van der Waals surface area contributed by atoms with Crippen molar-refractivity contribution < 1.29 is 30.0 Å². The van der Waals surface area contributed by atoms with Gasteiger partial charge in [-0.25, -0.2) is 3.63 Å². The van der Waals surface area contributed by atoms with Crippen molar-refractivity contribution in [3.05, 3.63) is 0 Å². The van der Waals surface area contributed by atoms with Crippen LogP contribution in [0.15, 0.2) is 0 Å². The van der Waals surface area contributed by atoms with E-state index in [1.54, 1.807) is 13.8 Å². The zero-order valence-corrected chi connectivity index (χ0v) is 13.6. The molecule has 0 radical (unpaired) electrons. The topological polar surface area (TPSA) is 60.4 Å². The van der Waals surface area contributed by atoms with Gasteiger partial charge in [0.2, 0.25) is 0 Å². The molecule has 1 heterocycles. The summed E-state index contributed by atoms with van der Waals surface area (Å²) in [6, 6.07) is 0. The van der Waals surface area contributed by atoms with Crippen LogP contribution in [0.25, 0.3) is 0 Å². The van der Waals surface area contributed by atoms with Crippen LogP contribution in [-0.4, -0.2) is 48.5 Å². The van der Waals surface area contributed by atoms with Crippen LogP contribution >= 0.6 is 22.1 Å². The van der Waals surface area contributed by atoms with Crippen LogP contribution in [-0.2, 0) is 18.5 Å². The highest BCUT2D eigenvalue weighted by Crippen LogP contribution is 2.55. The van der Waals surface area contributed by atoms with Crippen molar-refractivity contribution in [3.63, 3.8) is 0 Å². The number of hydrogen-bond acceptors (Lipinski definition) is 5. The van der Waals surface area contributed by atoms with Crippen molar-refractivity contribution in [3.8, 4) is 0 Å². The molecule has 0 aromatic carbocycles. The Labute approximate surface area is 122 Å². The Morgan fingerprint density at radius 1 is 1.30 bits per heavy atom. The van der Waals surface area contributed by atoms with Gasteiger partial charge in [-0.3, -0.25) is 4.79 Å². The average Bonchev–Trinajstić information content (AvgIpc) is 2.27. The van der Waals surface area contributed by atoms with Crippen LogP contribution in [0, 0.1) is 5.92 Å². The number of thioether (sulfide) groups is 1. The molecular weight excluding hydrogens is 337 g/mol. The molecule has 1 rings (SSSR count). The largest absolute Gasteiger partial charge is 0.523 e. The molecule has 0 atom stereocenters. The van der Waals surface area contributed by atoms with Gasteiger partial charge in [0, 0.05) is 28.9 Å². The summed E-state index contributed by atoms with van der Waals surface area (Å²) in [7, 11) is -8.21. The van der Waals surface area contributed by atoms with Crippen LogP contribution in [0.3, 0.4) is 0 Å². The molecule has 1 fully saturated rings. The first-order valence-corrected chi connectivity index (χ1v) is 10.5. The summed E-state index contributed by atoms with van der Waals surface area (Å²) >= 11 is 1.52. The summed E-state index contributed by atoms with van der Waals surface area (Å²) in [6.45, 7) is 3.26. The van der Waals surface area contributed by atoms with Crippen LogP contribution in [0.1, 0.15) is 13.8 Å². The average molecular weight is 354 g/mol. The molecule has 1 saturated heterocycles. The Morgan fingerprint density at radius 2 is 1.80 bits per heavy atom. The van der Waals surface area contributed by atoms with E-state index in [-0.39, 0.29) is 29.0 Å². The van der Waals surface area contributed by atoms with Crippen molar-refractivity contribution in [2.75, 3.05) is 28.8 Å². The van der Waals surface area contributed by atoms with Gasteiger partial charge in [0.25, 0.3) is 0 Å². The molecular formula is C10H17F3O4S3. The number of alkyl halides is 3. The number of carbonyl (C=O) groups is 1. The highest BCUT2D eigenvalue weighted by molar-refractivity contribution is 8.34. The summed E-state index contributed by atoms with van der Waals surface area (Å²) in [5.41, 5.74) is -5.45. The summed E-state index contributed by atoms with van der Waals surface area (Å²) in [5, 5.41) is 0. The molecule has 0 unspecified atom stereocenters. The fraction of sp³-hybridized carbons (Fsp3) is 0.900. The number of ketones is 1. The fourth-order valence-corrected chi connectivity index (χ4v) is 9.00. The van der Waals surface area contributed by atoms with Gasteiger partial charge in [-0.15, -0.1) is 10.3 Å².